The number of esters is 2. The summed E-state index contributed by atoms with van der Waals surface area (Å²) < 4.78 is 10.4. The molecule has 0 N–H and O–H groups in total. The summed E-state index contributed by atoms with van der Waals surface area (Å²) in [6, 6.07) is 0. The molecule has 0 saturated carbocycles. The Morgan fingerprint density at radius 3 is 2.00 bits per heavy atom. The third-order valence-electron chi connectivity index (χ3n) is 3.01. The van der Waals surface area contributed by atoms with Gasteiger partial charge >= 0.3 is 11.9 Å². The third-order valence-corrected chi connectivity index (χ3v) is 3.01. The maximum atomic E-state index is 11.6. The van der Waals surface area contributed by atoms with Gasteiger partial charge < -0.3 is 9.47 Å². The van der Waals surface area contributed by atoms with Crippen LogP contribution in [0.5, 0.6) is 0 Å². The Bertz CT molecular complexity index is 382. The molecule has 2 unspecified atom stereocenters. The van der Waals surface area contributed by atoms with Crippen LogP contribution < -0.4 is 0 Å². The van der Waals surface area contributed by atoms with Crippen LogP contribution in [0.15, 0.2) is 0 Å². The number of rotatable bonds is 6. The third kappa shape index (κ3) is 7.83. The molecule has 0 rings (SSSR count). The molecule has 0 aliphatic heterocycles. The van der Waals surface area contributed by atoms with Crippen molar-refractivity contribution < 1.29 is 19.1 Å². The van der Waals surface area contributed by atoms with Crippen molar-refractivity contribution in [1.29, 1.82) is 0 Å². The molecule has 0 aliphatic rings. The van der Waals surface area contributed by atoms with Crippen molar-refractivity contribution in [2.24, 2.45) is 5.41 Å². The molecule has 0 heterocycles. The molecule has 4 heteroatoms. The van der Waals surface area contributed by atoms with Crippen LogP contribution in [0.1, 0.15) is 60.8 Å². The van der Waals surface area contributed by atoms with Gasteiger partial charge in [0.1, 0.15) is 6.10 Å². The van der Waals surface area contributed by atoms with E-state index in [-0.39, 0.29) is 30.3 Å². The van der Waals surface area contributed by atoms with Crippen molar-refractivity contribution in [1.82, 2.24) is 0 Å². The summed E-state index contributed by atoms with van der Waals surface area (Å²) in [6.07, 6.45) is 0.114. The van der Waals surface area contributed by atoms with E-state index < -0.39 is 12.1 Å². The average Bonchev–Trinajstić information content (AvgIpc) is 2.34. The summed E-state index contributed by atoms with van der Waals surface area (Å²) >= 11 is 0. The van der Waals surface area contributed by atoms with Gasteiger partial charge in [0.05, 0.1) is 12.8 Å². The van der Waals surface area contributed by atoms with E-state index in [1.807, 2.05) is 34.6 Å². The predicted octanol–water partition coefficient (Wildman–Crippen LogP) is 3.09. The van der Waals surface area contributed by atoms with Gasteiger partial charge in [-0.2, -0.15) is 0 Å². The van der Waals surface area contributed by atoms with Gasteiger partial charge in [-0.05, 0) is 25.7 Å². The topological polar surface area (TPSA) is 52.6 Å². The quantitative estimate of drug-likeness (QED) is 0.555. The zero-order valence-corrected chi connectivity index (χ0v) is 13.4. The van der Waals surface area contributed by atoms with Gasteiger partial charge in [0.2, 0.25) is 0 Å². The fraction of sp³-hybridized carbons (Fsp3) is 0.750. The van der Waals surface area contributed by atoms with E-state index in [9.17, 15) is 9.59 Å². The van der Waals surface area contributed by atoms with E-state index in [1.54, 1.807) is 6.92 Å². The van der Waals surface area contributed by atoms with E-state index in [0.717, 1.165) is 0 Å². The van der Waals surface area contributed by atoms with Gasteiger partial charge in [0.15, 0.2) is 6.10 Å². The molecule has 20 heavy (non-hydrogen) atoms. The van der Waals surface area contributed by atoms with Crippen LogP contribution in [0.2, 0.25) is 0 Å². The monoisotopic (exact) mass is 282 g/mol. The molecule has 0 fully saturated rings. The molecule has 0 aromatic carbocycles. The lowest BCUT2D eigenvalue weighted by atomic mass is 9.90. The maximum absolute atomic E-state index is 11.6. The smallest absolute Gasteiger partial charge is 0.307 e. The molecular formula is C16H26O4. The first-order chi connectivity index (χ1) is 9.20. The van der Waals surface area contributed by atoms with Gasteiger partial charge in [-0.25, -0.2) is 0 Å². The van der Waals surface area contributed by atoms with Crippen molar-refractivity contribution in [2.75, 3.05) is 0 Å². The van der Waals surface area contributed by atoms with Crippen LogP contribution in [0.4, 0.5) is 0 Å². The summed E-state index contributed by atoms with van der Waals surface area (Å²) in [7, 11) is 0. The minimum absolute atomic E-state index is 0.0254. The Labute approximate surface area is 122 Å². The van der Waals surface area contributed by atoms with Crippen molar-refractivity contribution in [3.8, 4) is 11.8 Å². The minimum atomic E-state index is -0.417. The zero-order valence-electron chi connectivity index (χ0n) is 13.4. The molecule has 0 bridgehead atoms. The second kappa shape index (κ2) is 8.63. The molecule has 0 radical (unpaired) electrons. The fourth-order valence-corrected chi connectivity index (χ4v) is 1.23. The second-order valence-electron chi connectivity index (χ2n) is 5.78. The number of hydrogen-bond acceptors (Lipinski definition) is 4. The van der Waals surface area contributed by atoms with Gasteiger partial charge in [-0.1, -0.05) is 33.6 Å². The second-order valence-corrected chi connectivity index (χ2v) is 5.78. The lowest BCUT2D eigenvalue weighted by molar-refractivity contribution is -0.157. The Kier molecular flexibility index (Phi) is 7.98. The number of carbonyl (C=O) groups excluding carboxylic acids is 2. The highest BCUT2D eigenvalue weighted by molar-refractivity contribution is 5.77. The average molecular weight is 282 g/mol. The molecule has 0 spiro atoms. The molecular weight excluding hydrogens is 256 g/mol. The first-order valence-corrected chi connectivity index (χ1v) is 7.02. The van der Waals surface area contributed by atoms with Crippen molar-refractivity contribution in [3.63, 3.8) is 0 Å². The molecule has 0 amide bonds. The lowest BCUT2D eigenvalue weighted by Crippen LogP contribution is -2.29. The normalized spacial score (nSPS) is 13.7. The first kappa shape index (κ1) is 18.5. The van der Waals surface area contributed by atoms with E-state index in [4.69, 9.17) is 9.47 Å². The zero-order chi connectivity index (χ0) is 15.8. The van der Waals surface area contributed by atoms with Crippen LogP contribution in [0.3, 0.4) is 0 Å². The SMILES string of the molecule is CC#CC(CC)OC(=O)CCC(=O)OC(C)C(C)(C)C. The van der Waals surface area contributed by atoms with Gasteiger partial charge in [0, 0.05) is 0 Å². The molecule has 2 atom stereocenters. The summed E-state index contributed by atoms with van der Waals surface area (Å²) in [5.74, 6) is 4.71. The van der Waals surface area contributed by atoms with Gasteiger partial charge in [0.25, 0.3) is 0 Å². The fourth-order valence-electron chi connectivity index (χ4n) is 1.23. The largest absolute Gasteiger partial charge is 0.462 e. The lowest BCUT2D eigenvalue weighted by Gasteiger charge is -2.26. The minimum Gasteiger partial charge on any atom is -0.462 e. The Balaban J connectivity index is 4.12. The summed E-state index contributed by atoms with van der Waals surface area (Å²) in [5, 5.41) is 0. The number of ether oxygens (including phenoxy) is 2. The van der Waals surface area contributed by atoms with E-state index in [1.165, 1.54) is 0 Å². The van der Waals surface area contributed by atoms with Gasteiger partial charge in [-0.15, -0.1) is 5.92 Å². The van der Waals surface area contributed by atoms with Crippen LogP contribution in [-0.4, -0.2) is 24.1 Å². The summed E-state index contributed by atoms with van der Waals surface area (Å²) in [5.41, 5.74) is -0.111. The molecule has 0 aromatic heterocycles. The van der Waals surface area contributed by atoms with Crippen molar-refractivity contribution >= 4 is 11.9 Å². The number of hydrogen-bond donors (Lipinski definition) is 0. The van der Waals surface area contributed by atoms with Crippen LogP contribution >= 0.6 is 0 Å². The van der Waals surface area contributed by atoms with E-state index >= 15 is 0 Å². The maximum Gasteiger partial charge on any atom is 0.307 e. The van der Waals surface area contributed by atoms with Crippen molar-refractivity contribution in [2.45, 2.75) is 73.0 Å². The Hall–Kier alpha value is -1.50. The molecule has 0 aliphatic carbocycles. The van der Waals surface area contributed by atoms with Crippen LogP contribution in [-0.2, 0) is 19.1 Å². The highest BCUT2D eigenvalue weighted by Gasteiger charge is 2.24. The van der Waals surface area contributed by atoms with Crippen molar-refractivity contribution in [3.05, 3.63) is 0 Å². The number of carbonyl (C=O) groups is 2. The predicted molar refractivity (Wildman–Crippen MR) is 77.9 cm³/mol. The van der Waals surface area contributed by atoms with E-state index in [0.29, 0.717) is 6.42 Å². The van der Waals surface area contributed by atoms with Crippen LogP contribution in [0, 0.1) is 17.3 Å². The molecule has 0 saturated heterocycles. The van der Waals surface area contributed by atoms with Gasteiger partial charge in [-0.3, -0.25) is 9.59 Å². The Morgan fingerprint density at radius 2 is 1.60 bits per heavy atom. The summed E-state index contributed by atoms with van der Waals surface area (Å²) in [6.45, 7) is 11.4. The Morgan fingerprint density at radius 1 is 1.10 bits per heavy atom. The van der Waals surface area contributed by atoms with Crippen LogP contribution in [0.25, 0.3) is 0 Å². The molecule has 0 aromatic rings. The molecule has 114 valence electrons. The molecule has 4 nitrogen and oxygen atoms in total. The highest BCUT2D eigenvalue weighted by Crippen LogP contribution is 2.22. The first-order valence-electron chi connectivity index (χ1n) is 7.02. The highest BCUT2D eigenvalue weighted by atomic mass is 16.5. The standard InChI is InChI=1S/C16H26O4/c1-7-9-13(8-2)20-15(18)11-10-14(17)19-12(3)16(4,5)6/h12-13H,8,10-11H2,1-6H3. The van der Waals surface area contributed by atoms with E-state index in [2.05, 4.69) is 11.8 Å². The summed E-state index contributed by atoms with van der Waals surface area (Å²) in [4.78, 5) is 23.2.